The standard InChI is InChI=1S/C46H92O4/c1-2-3-4-5-6-7-8-9-10-11-12-13-14-15-16-17-18-19-20-23-26-29-32-35-38-41-44-50-46(49)45(48)42-39-36-33-30-27-24-21-22-25-28-31-34-37-40-43-47/h45,47-48H,2-44H2,1H3. The van der Waals surface area contributed by atoms with Crippen molar-refractivity contribution in [2.24, 2.45) is 0 Å². The number of rotatable bonds is 44. The van der Waals surface area contributed by atoms with Gasteiger partial charge in [-0.1, -0.05) is 251 Å². The number of carbonyl (C=O) groups excluding carboxylic acids is 1. The molecule has 0 saturated carbocycles. The van der Waals surface area contributed by atoms with Crippen LogP contribution in [0.15, 0.2) is 0 Å². The molecule has 0 aliphatic rings. The summed E-state index contributed by atoms with van der Waals surface area (Å²) in [6, 6.07) is 0. The maximum atomic E-state index is 12.1. The zero-order chi connectivity index (χ0) is 36.3. The van der Waals surface area contributed by atoms with E-state index in [1.54, 1.807) is 0 Å². The number of ether oxygens (including phenoxy) is 1. The normalized spacial score (nSPS) is 12.1. The van der Waals surface area contributed by atoms with Gasteiger partial charge in [-0.25, -0.2) is 4.79 Å². The van der Waals surface area contributed by atoms with Gasteiger partial charge in [-0.05, 0) is 19.3 Å². The van der Waals surface area contributed by atoms with Crippen molar-refractivity contribution in [1.82, 2.24) is 0 Å². The van der Waals surface area contributed by atoms with E-state index in [4.69, 9.17) is 9.84 Å². The quantitative estimate of drug-likeness (QED) is 0.0488. The number of hydrogen-bond donors (Lipinski definition) is 2. The second kappa shape index (κ2) is 44.6. The van der Waals surface area contributed by atoms with E-state index in [-0.39, 0.29) is 0 Å². The van der Waals surface area contributed by atoms with Gasteiger partial charge in [0.25, 0.3) is 0 Å². The molecule has 1 atom stereocenters. The third kappa shape index (κ3) is 41.8. The van der Waals surface area contributed by atoms with Crippen LogP contribution in [0.1, 0.15) is 270 Å². The Kier molecular flexibility index (Phi) is 44.0. The van der Waals surface area contributed by atoms with E-state index in [1.807, 2.05) is 0 Å². The van der Waals surface area contributed by atoms with Crippen molar-refractivity contribution in [3.8, 4) is 0 Å². The summed E-state index contributed by atoms with van der Waals surface area (Å²) in [5.74, 6) is -0.419. The van der Waals surface area contributed by atoms with Gasteiger partial charge in [0.1, 0.15) is 0 Å². The minimum absolute atomic E-state index is 0.340. The van der Waals surface area contributed by atoms with E-state index < -0.39 is 12.1 Å². The van der Waals surface area contributed by atoms with Crippen LogP contribution in [0.4, 0.5) is 0 Å². The molecule has 0 spiro atoms. The molecule has 0 aromatic heterocycles. The average Bonchev–Trinajstić information content (AvgIpc) is 3.12. The Morgan fingerprint density at radius 1 is 0.380 bits per heavy atom. The van der Waals surface area contributed by atoms with E-state index in [0.29, 0.717) is 19.6 Å². The van der Waals surface area contributed by atoms with Crippen LogP contribution >= 0.6 is 0 Å². The van der Waals surface area contributed by atoms with Gasteiger partial charge in [0, 0.05) is 6.61 Å². The molecule has 4 nitrogen and oxygen atoms in total. The highest BCUT2D eigenvalue weighted by molar-refractivity contribution is 5.74. The zero-order valence-electron chi connectivity index (χ0n) is 34.2. The minimum atomic E-state index is -0.942. The third-order valence-corrected chi connectivity index (χ3v) is 10.9. The van der Waals surface area contributed by atoms with E-state index in [0.717, 1.165) is 32.1 Å². The number of aliphatic hydroxyl groups excluding tert-OH is 2. The molecule has 0 rings (SSSR count). The summed E-state index contributed by atoms with van der Waals surface area (Å²) in [5.41, 5.74) is 0. The Balaban J connectivity index is 3.22. The predicted octanol–water partition coefficient (Wildman–Crippen LogP) is 14.9. The molecule has 0 fully saturated rings. The number of hydrogen-bond acceptors (Lipinski definition) is 4. The smallest absolute Gasteiger partial charge is 0.334 e. The van der Waals surface area contributed by atoms with Crippen LogP contribution in [0, 0.1) is 0 Å². The lowest BCUT2D eigenvalue weighted by Crippen LogP contribution is -2.23. The molecule has 0 saturated heterocycles. The van der Waals surface area contributed by atoms with Crippen LogP contribution in [0.5, 0.6) is 0 Å². The van der Waals surface area contributed by atoms with Gasteiger partial charge in [-0.2, -0.15) is 0 Å². The summed E-state index contributed by atoms with van der Waals surface area (Å²) in [5, 5.41) is 18.9. The zero-order valence-corrected chi connectivity index (χ0v) is 34.2. The molecule has 0 aliphatic heterocycles. The third-order valence-electron chi connectivity index (χ3n) is 10.9. The first-order valence-corrected chi connectivity index (χ1v) is 23.2. The van der Waals surface area contributed by atoms with Gasteiger partial charge in [-0.3, -0.25) is 0 Å². The second-order valence-corrected chi connectivity index (χ2v) is 16.0. The minimum Gasteiger partial charge on any atom is -0.464 e. The fourth-order valence-electron chi connectivity index (χ4n) is 7.38. The Morgan fingerprint density at radius 3 is 0.900 bits per heavy atom. The van der Waals surface area contributed by atoms with Crippen LogP contribution < -0.4 is 0 Å². The van der Waals surface area contributed by atoms with Crippen LogP contribution in [0.25, 0.3) is 0 Å². The second-order valence-electron chi connectivity index (χ2n) is 16.0. The summed E-state index contributed by atoms with van der Waals surface area (Å²) in [6.07, 6.45) is 53.0. The molecule has 300 valence electrons. The fraction of sp³-hybridized carbons (Fsp3) is 0.978. The van der Waals surface area contributed by atoms with Gasteiger partial charge in [0.05, 0.1) is 6.61 Å². The summed E-state index contributed by atoms with van der Waals surface area (Å²) >= 11 is 0. The van der Waals surface area contributed by atoms with Gasteiger partial charge in [0.2, 0.25) is 0 Å². The SMILES string of the molecule is CCCCCCCCCCCCCCCCCCCCCCCCCCCCOC(=O)C(O)CCCCCCCCCCCCCCCCO. The molecule has 0 aromatic rings. The number of esters is 1. The van der Waals surface area contributed by atoms with Crippen molar-refractivity contribution in [3.05, 3.63) is 0 Å². The first-order valence-electron chi connectivity index (χ1n) is 23.2. The molecule has 0 radical (unpaired) electrons. The number of aliphatic hydroxyl groups is 2. The molecule has 0 amide bonds. The lowest BCUT2D eigenvalue weighted by Gasteiger charge is -2.10. The van der Waals surface area contributed by atoms with E-state index in [9.17, 15) is 9.90 Å². The topological polar surface area (TPSA) is 66.8 Å². The van der Waals surface area contributed by atoms with Crippen LogP contribution in [0.2, 0.25) is 0 Å². The maximum absolute atomic E-state index is 12.1. The predicted molar refractivity (Wildman–Crippen MR) is 219 cm³/mol. The van der Waals surface area contributed by atoms with E-state index >= 15 is 0 Å². The van der Waals surface area contributed by atoms with Crippen molar-refractivity contribution < 1.29 is 19.7 Å². The van der Waals surface area contributed by atoms with E-state index in [2.05, 4.69) is 6.92 Å². The van der Waals surface area contributed by atoms with Gasteiger partial charge < -0.3 is 14.9 Å². The lowest BCUT2D eigenvalue weighted by molar-refractivity contribution is -0.154. The van der Waals surface area contributed by atoms with Crippen molar-refractivity contribution in [3.63, 3.8) is 0 Å². The highest BCUT2D eigenvalue weighted by Gasteiger charge is 2.15. The molecule has 0 heterocycles. The molecule has 50 heavy (non-hydrogen) atoms. The molecule has 0 bridgehead atoms. The summed E-state index contributed by atoms with van der Waals surface area (Å²) in [6.45, 7) is 3.10. The monoisotopic (exact) mass is 709 g/mol. The van der Waals surface area contributed by atoms with Crippen LogP contribution in [0.3, 0.4) is 0 Å². The molecule has 1 unspecified atom stereocenters. The Labute approximate surface area is 314 Å². The molecular formula is C46H92O4. The van der Waals surface area contributed by atoms with E-state index in [1.165, 1.54) is 225 Å². The van der Waals surface area contributed by atoms with Crippen molar-refractivity contribution >= 4 is 5.97 Å². The number of carbonyl (C=O) groups is 1. The lowest BCUT2D eigenvalue weighted by atomic mass is 10.0. The molecule has 0 aliphatic carbocycles. The largest absolute Gasteiger partial charge is 0.464 e. The number of unbranched alkanes of at least 4 members (excludes halogenated alkanes) is 38. The average molecular weight is 709 g/mol. The summed E-state index contributed by atoms with van der Waals surface area (Å²) < 4.78 is 5.33. The molecule has 2 N–H and O–H groups in total. The van der Waals surface area contributed by atoms with Gasteiger partial charge in [0.15, 0.2) is 6.10 Å². The first kappa shape index (κ1) is 49.4. The first-order chi connectivity index (χ1) is 24.7. The summed E-state index contributed by atoms with van der Waals surface area (Å²) in [4.78, 5) is 12.1. The fourth-order valence-corrected chi connectivity index (χ4v) is 7.38. The highest BCUT2D eigenvalue weighted by atomic mass is 16.5. The van der Waals surface area contributed by atoms with Crippen molar-refractivity contribution in [2.45, 2.75) is 276 Å². The van der Waals surface area contributed by atoms with Crippen LogP contribution in [-0.2, 0) is 9.53 Å². The Hall–Kier alpha value is -0.610. The molecule has 0 aromatic carbocycles. The molecular weight excluding hydrogens is 617 g/mol. The Morgan fingerprint density at radius 2 is 0.620 bits per heavy atom. The highest BCUT2D eigenvalue weighted by Crippen LogP contribution is 2.17. The molecule has 4 heteroatoms. The van der Waals surface area contributed by atoms with Gasteiger partial charge in [-0.15, -0.1) is 0 Å². The van der Waals surface area contributed by atoms with Crippen LogP contribution in [-0.4, -0.2) is 35.5 Å². The van der Waals surface area contributed by atoms with Gasteiger partial charge >= 0.3 is 5.97 Å². The maximum Gasteiger partial charge on any atom is 0.334 e. The van der Waals surface area contributed by atoms with Crippen molar-refractivity contribution in [2.75, 3.05) is 13.2 Å². The van der Waals surface area contributed by atoms with Crippen molar-refractivity contribution in [1.29, 1.82) is 0 Å². The summed E-state index contributed by atoms with van der Waals surface area (Å²) in [7, 11) is 0. The Bertz CT molecular complexity index is 623.